The Morgan fingerprint density at radius 3 is 1.25 bits per heavy atom. The van der Waals surface area contributed by atoms with Crippen LogP contribution in [0, 0.1) is 0 Å². The van der Waals surface area contributed by atoms with Crippen LogP contribution in [0.5, 0.6) is 0 Å². The first-order chi connectivity index (χ1) is 1.91. The van der Waals surface area contributed by atoms with E-state index in [1.165, 1.54) is 0 Å². The van der Waals surface area contributed by atoms with E-state index < -0.39 is 0 Å². The highest BCUT2D eigenvalue weighted by Gasteiger charge is 1.72. The molecule has 4 heteroatoms. The zero-order chi connectivity index (χ0) is 3.41. The summed E-state index contributed by atoms with van der Waals surface area (Å²) in [6.07, 6.45) is 0. The summed E-state index contributed by atoms with van der Waals surface area (Å²) in [5.41, 5.74) is 0. The van der Waals surface area contributed by atoms with Crippen molar-refractivity contribution in [3.05, 3.63) is 0 Å². The molecule has 0 saturated heterocycles. The Morgan fingerprint density at radius 1 is 1.00 bits per heavy atom. The molecule has 0 aliphatic heterocycles. The van der Waals surface area contributed by atoms with Gasteiger partial charge in [-0.1, -0.05) is 0 Å². The second-order valence-electron chi connectivity index (χ2n) is 0.378. The third-order valence-electron chi connectivity index (χ3n) is 0.0714. The van der Waals surface area contributed by atoms with Gasteiger partial charge < -0.3 is 0 Å². The van der Waals surface area contributed by atoms with E-state index >= 15 is 0 Å². The van der Waals surface area contributed by atoms with Crippen molar-refractivity contribution in [2.24, 2.45) is 0 Å². The van der Waals surface area contributed by atoms with Crippen LogP contribution in [0.2, 0.25) is 0 Å². The van der Waals surface area contributed by atoms with Gasteiger partial charge in [-0.25, -0.2) is 0 Å². The molecule has 0 aromatic carbocycles. The first-order valence-corrected chi connectivity index (χ1v) is 3.28. The lowest BCUT2D eigenvalue weighted by molar-refractivity contribution is 4.53. The molecule has 0 unspecified atom stereocenters. The summed E-state index contributed by atoms with van der Waals surface area (Å²) in [7, 11) is 0. The summed E-state index contributed by atoms with van der Waals surface area (Å²) in [6.45, 7) is 0. The van der Waals surface area contributed by atoms with Crippen molar-refractivity contribution in [1.82, 2.24) is 0 Å². The molecule has 0 aromatic heterocycles. The smallest absolute Gasteiger partial charge is 0.171 e. The average molecular weight is 183 g/mol. The number of hydrogen-bond donors (Lipinski definition) is 0. The summed E-state index contributed by atoms with van der Waals surface area (Å²) in [6, 6.07) is 0. The molecule has 0 aliphatic carbocycles. The minimum absolute atomic E-state index is 1.05. The highest BCUT2D eigenvalue weighted by molar-refractivity contribution is 9.32. The average Bonchev–Trinajstić information content (AvgIpc) is 1.37. The van der Waals surface area contributed by atoms with Gasteiger partial charge in [-0.2, -0.15) is 31.5 Å². The van der Waals surface area contributed by atoms with Crippen LogP contribution in [0.4, 0.5) is 0 Å². The maximum Gasteiger partial charge on any atom is 0.184 e. The minimum Gasteiger partial charge on any atom is -0.171 e. The van der Waals surface area contributed by atoms with Crippen LogP contribution in [0.25, 0.3) is 0 Å². The zero-order valence-corrected chi connectivity index (χ0v) is 5.34. The van der Waals surface area contributed by atoms with Crippen LogP contribution in [0.3, 0.4) is 0 Å². The summed E-state index contributed by atoms with van der Waals surface area (Å²) >= 11 is 6.40. The third kappa shape index (κ3) is 3.09. The third-order valence-corrected chi connectivity index (χ3v) is 1.93. The molecule has 0 nitrogen and oxygen atoms in total. The Balaban J connectivity index is 1.97. The van der Waals surface area contributed by atoms with Gasteiger partial charge in [-0.15, -0.1) is 0 Å². The maximum absolute atomic E-state index is 3.20. The van der Waals surface area contributed by atoms with Crippen LogP contribution in [0.1, 0.15) is 0 Å². The van der Waals surface area contributed by atoms with Crippen LogP contribution in [-0.2, 0) is 0 Å². The fourth-order valence-electron chi connectivity index (χ4n) is 0. The lowest BCUT2D eigenvalue weighted by Crippen LogP contribution is -1.76. The molecule has 0 atom stereocenters. The molecule has 0 N–H and O–H groups in total. The Kier molecular flexibility index (Phi) is 5.20. The highest BCUT2D eigenvalue weighted by atomic mass is 79.9. The van der Waals surface area contributed by atoms with E-state index in [4.69, 9.17) is 0 Å². The van der Waals surface area contributed by atoms with Gasteiger partial charge in [0.25, 0.3) is 0 Å². The number of rotatable bonds is 1. The summed E-state index contributed by atoms with van der Waals surface area (Å²) in [5, 5.41) is 0. The molecule has 0 radical (unpaired) electrons. The second kappa shape index (κ2) is 4.09. The molecule has 0 fully saturated rings. The fourth-order valence-corrected chi connectivity index (χ4v) is 0. The first kappa shape index (κ1) is 5.09. The topological polar surface area (TPSA) is 0 Å². The molecule has 0 saturated carbocycles. The van der Waals surface area contributed by atoms with Gasteiger partial charge in [0.15, 0.2) is 12.0 Å². The molecule has 0 spiro atoms. The first-order valence-electron chi connectivity index (χ1n) is 1.03. The maximum atomic E-state index is 3.20. The van der Waals surface area contributed by atoms with Crippen molar-refractivity contribution in [2.45, 2.75) is 0 Å². The number of halogens is 2. The molecule has 4 heavy (non-hydrogen) atoms. The van der Waals surface area contributed by atoms with Crippen molar-refractivity contribution in [2.75, 3.05) is 0 Å². The van der Waals surface area contributed by atoms with Crippen molar-refractivity contribution < 1.29 is 0 Å². The van der Waals surface area contributed by atoms with Gasteiger partial charge in [0.1, 0.15) is 0 Å². The highest BCUT2D eigenvalue weighted by Crippen LogP contribution is 1.74. The molecular formula is H2B2Br2. The fraction of sp³-hybridized carbons (Fsp3) is 0. The van der Waals surface area contributed by atoms with Gasteiger partial charge in [0.05, 0.1) is 0 Å². The Labute approximate surface area is 43.8 Å². The largest absolute Gasteiger partial charge is 0.184 e. The molecule has 0 heterocycles. The predicted octanol–water partition coefficient (Wildman–Crippen LogP) is 0.394. The van der Waals surface area contributed by atoms with E-state index in [1.54, 1.807) is 0 Å². The van der Waals surface area contributed by atoms with Crippen LogP contribution >= 0.6 is 31.5 Å². The normalized spacial score (nSPS) is 5.50. The van der Waals surface area contributed by atoms with Crippen LogP contribution < -0.4 is 0 Å². The van der Waals surface area contributed by atoms with E-state index in [-0.39, 0.29) is 0 Å². The van der Waals surface area contributed by atoms with Gasteiger partial charge in [-0.3, -0.25) is 0 Å². The summed E-state index contributed by atoms with van der Waals surface area (Å²) in [5.74, 6) is 2.10. The SMILES string of the molecule is BrBBBr. The monoisotopic (exact) mass is 182 g/mol. The van der Waals surface area contributed by atoms with Gasteiger partial charge in [0.2, 0.25) is 0 Å². The van der Waals surface area contributed by atoms with Gasteiger partial charge in [0, 0.05) is 0 Å². The standard InChI is InChI=1S/B2Br2H2/c3-1-2-4/h1-2H. The van der Waals surface area contributed by atoms with Crippen molar-refractivity contribution in [3.63, 3.8) is 0 Å². The van der Waals surface area contributed by atoms with Crippen LogP contribution in [0.15, 0.2) is 0 Å². The number of hydrogen-bond acceptors (Lipinski definition) is 0. The van der Waals surface area contributed by atoms with Crippen molar-refractivity contribution in [3.8, 4) is 0 Å². The quantitative estimate of drug-likeness (QED) is 0.516. The van der Waals surface area contributed by atoms with E-state index in [2.05, 4.69) is 31.5 Å². The zero-order valence-electron chi connectivity index (χ0n) is 2.17. The van der Waals surface area contributed by atoms with Crippen molar-refractivity contribution in [1.29, 1.82) is 0 Å². The van der Waals surface area contributed by atoms with E-state index in [9.17, 15) is 0 Å². The van der Waals surface area contributed by atoms with E-state index in [0.29, 0.717) is 0 Å². The lowest BCUT2D eigenvalue weighted by Gasteiger charge is -1.54. The molecule has 0 aromatic rings. The lowest BCUT2D eigenvalue weighted by atomic mass is 9.80. The molecule has 0 bridgehead atoms. The van der Waals surface area contributed by atoms with E-state index in [1.807, 2.05) is 0 Å². The Hall–Kier alpha value is 1.09. The summed E-state index contributed by atoms with van der Waals surface area (Å²) < 4.78 is 0. The summed E-state index contributed by atoms with van der Waals surface area (Å²) in [4.78, 5) is 0. The second-order valence-corrected chi connectivity index (χ2v) is 1.96. The van der Waals surface area contributed by atoms with E-state index in [0.717, 1.165) is 12.0 Å². The minimum atomic E-state index is 1.05. The molecule has 22 valence electrons. The van der Waals surface area contributed by atoms with Crippen molar-refractivity contribution >= 4 is 43.5 Å². The molecular weight excluding hydrogens is 181 g/mol. The Bertz CT molecular complexity index is 6.00. The van der Waals surface area contributed by atoms with Crippen LogP contribution in [-0.4, -0.2) is 12.0 Å². The van der Waals surface area contributed by atoms with Gasteiger partial charge in [-0.05, 0) is 0 Å². The molecule has 0 amide bonds. The molecule has 0 rings (SSSR count). The predicted molar refractivity (Wildman–Crippen MR) is 32.2 cm³/mol. The Morgan fingerprint density at radius 2 is 1.25 bits per heavy atom. The molecule has 0 aliphatic rings. The van der Waals surface area contributed by atoms with Gasteiger partial charge >= 0.3 is 0 Å².